The molecule has 99 heavy (non-hydrogen) atoms. The highest BCUT2D eigenvalue weighted by molar-refractivity contribution is 6.21. The van der Waals surface area contributed by atoms with Gasteiger partial charge in [-0.05, 0) is 96.4 Å². The van der Waals surface area contributed by atoms with Crippen LogP contribution in [0.1, 0.15) is 48.8 Å². The molecule has 0 saturated carbocycles. The van der Waals surface area contributed by atoms with E-state index in [9.17, 15) is 0 Å². The molecule has 0 amide bonds. The molecule has 0 aliphatic rings. The molecule has 9 aromatic carbocycles. The van der Waals surface area contributed by atoms with Crippen LogP contribution >= 0.6 is 0 Å². The Labute approximate surface area is 571 Å². The van der Waals surface area contributed by atoms with E-state index in [4.69, 9.17) is 0 Å². The van der Waals surface area contributed by atoms with Crippen LogP contribution < -0.4 is 0 Å². The number of aromatic nitrogens is 10. The van der Waals surface area contributed by atoms with Crippen LogP contribution in [-0.2, 0) is 12.5 Å². The van der Waals surface area contributed by atoms with Crippen molar-refractivity contribution in [1.82, 2.24) is 45.3 Å². The largest absolute Gasteiger partial charge is 0.328 e. The van der Waals surface area contributed by atoms with Gasteiger partial charge in [0.15, 0.2) is 0 Å². The summed E-state index contributed by atoms with van der Waals surface area (Å²) in [6, 6.07) is 77.5. The highest BCUT2D eigenvalue weighted by Gasteiger charge is 2.23. The van der Waals surface area contributed by atoms with Gasteiger partial charge < -0.3 is 31.0 Å². The first-order valence-corrected chi connectivity index (χ1v) is 34.1. The molecule has 0 aliphatic heterocycles. The highest BCUT2D eigenvalue weighted by atomic mass is 15.1. The number of imidazole rings is 3. The number of nitrogens with zero attached hydrogens (tertiary/aromatic N) is 10. The number of hydrogen-bond donors (Lipinski definition) is 0. The van der Waals surface area contributed by atoms with Crippen LogP contribution in [0.5, 0.6) is 0 Å². The zero-order valence-electron chi connectivity index (χ0n) is 56.7. The van der Waals surface area contributed by atoms with Gasteiger partial charge in [0.25, 0.3) is 0 Å². The molecule has 13 aromatic heterocycles. The van der Waals surface area contributed by atoms with E-state index in [0.29, 0.717) is 0 Å². The fraction of sp³-hybridized carbons (Fsp3) is 0.101. The number of benzene rings is 9. The van der Waals surface area contributed by atoms with E-state index in [0.717, 1.165) is 22.2 Å². The van der Waals surface area contributed by atoms with Gasteiger partial charge in [0, 0.05) is 163 Å². The lowest BCUT2D eigenvalue weighted by atomic mass is 9.96. The Hall–Kier alpha value is -12.4. The molecule has 0 unspecified atom stereocenters. The van der Waals surface area contributed by atoms with Crippen molar-refractivity contribution in [1.29, 1.82) is 0 Å². The van der Waals surface area contributed by atoms with E-state index >= 15 is 0 Å². The average molecular weight is 1280 g/mol. The molecule has 10 nitrogen and oxygen atoms in total. The minimum absolute atomic E-state index is 0.0116. The van der Waals surface area contributed by atoms with Gasteiger partial charge >= 0.3 is 0 Å². The van der Waals surface area contributed by atoms with Crippen molar-refractivity contribution in [3.8, 4) is 22.5 Å². The first-order valence-electron chi connectivity index (χ1n) is 34.1. The Bertz CT molecular complexity index is 6800. The molecule has 13 heterocycles. The van der Waals surface area contributed by atoms with E-state index < -0.39 is 0 Å². The lowest BCUT2D eigenvalue weighted by Crippen LogP contribution is -2.15. The third-order valence-corrected chi connectivity index (χ3v) is 20.3. The topological polar surface area (TPSA) is 61.6 Å². The Morgan fingerprint density at radius 3 is 1.49 bits per heavy atom. The lowest BCUT2D eigenvalue weighted by molar-refractivity contribution is 0.548. The molecule has 0 fully saturated rings. The van der Waals surface area contributed by atoms with Gasteiger partial charge in [0.2, 0.25) is 0 Å². The third-order valence-electron chi connectivity index (χ3n) is 20.3. The van der Waals surface area contributed by atoms with E-state index in [1.165, 1.54) is 154 Å². The Morgan fingerprint density at radius 2 is 0.808 bits per heavy atom. The molecule has 0 N–H and O–H groups in total. The summed E-state index contributed by atoms with van der Waals surface area (Å²) in [6.07, 6.45) is 25.8. The molecule has 478 valence electrons. The SMILES string of the molecule is CC(C)(C)c1ncc2c(cn3ccccc23)n1.Cc1cccc(C)c1-c1cn2cc3cccc4c5ccccc5n1c2c34.Cc1cccc(C)c1-c1cn2cc3ccccc3c2n1C.c1cc2cn3ccn4c5ccccc5c(c1)c2c34.c1ccc2c(c1)ccn1cc3ccccc3c21. The third kappa shape index (κ3) is 9.53. The minimum Gasteiger partial charge on any atom is -0.328 e. The molecular weight excluding hydrogens is 1210 g/mol. The van der Waals surface area contributed by atoms with Gasteiger partial charge in [-0.25, -0.2) is 9.97 Å². The van der Waals surface area contributed by atoms with E-state index in [1.807, 2.05) is 24.5 Å². The van der Waals surface area contributed by atoms with Crippen LogP contribution in [0.3, 0.4) is 0 Å². The fourth-order valence-electron chi connectivity index (χ4n) is 15.8. The first-order chi connectivity index (χ1) is 48.3. The molecule has 0 radical (unpaired) electrons. The number of aryl methyl sites for hydroxylation is 5. The molecule has 0 spiro atoms. The smallest absolute Gasteiger partial charge is 0.134 e. The minimum atomic E-state index is -0.0116. The summed E-state index contributed by atoms with van der Waals surface area (Å²) in [5, 5.41) is 19.6. The van der Waals surface area contributed by atoms with Crippen LogP contribution in [0.25, 0.3) is 148 Å². The maximum Gasteiger partial charge on any atom is 0.134 e. The molecule has 0 bridgehead atoms. The second-order valence-corrected chi connectivity index (χ2v) is 27.6. The molecule has 0 aliphatic carbocycles. The first kappa shape index (κ1) is 59.1. The van der Waals surface area contributed by atoms with Crippen molar-refractivity contribution >= 4 is 125 Å². The second-order valence-electron chi connectivity index (χ2n) is 27.6. The summed E-state index contributed by atoms with van der Waals surface area (Å²) in [6.45, 7) is 15.2. The zero-order valence-corrected chi connectivity index (χ0v) is 56.7. The lowest BCUT2D eigenvalue weighted by Gasteiger charge is -2.15. The maximum atomic E-state index is 4.65. The Kier molecular flexibility index (Phi) is 13.7. The number of fused-ring (bicyclic) bond motifs is 17. The Balaban J connectivity index is 0.0000000903. The summed E-state index contributed by atoms with van der Waals surface area (Å²) in [4.78, 5) is 9.13. The molecule has 10 heteroatoms. The number of hydrogen-bond acceptors (Lipinski definition) is 2. The van der Waals surface area contributed by atoms with Crippen molar-refractivity contribution in [2.75, 3.05) is 0 Å². The van der Waals surface area contributed by atoms with Gasteiger partial charge in [-0.2, -0.15) is 0 Å². The summed E-state index contributed by atoms with van der Waals surface area (Å²) >= 11 is 0. The van der Waals surface area contributed by atoms with Crippen LogP contribution in [0.2, 0.25) is 0 Å². The number of para-hydroxylation sites is 2. The average Bonchev–Trinajstić information content (AvgIpc) is 1.56. The van der Waals surface area contributed by atoms with Crippen LogP contribution in [0.15, 0.2) is 293 Å². The van der Waals surface area contributed by atoms with Gasteiger partial charge in [-0.3, -0.25) is 4.40 Å². The molecule has 0 atom stereocenters. The number of pyridine rings is 4. The van der Waals surface area contributed by atoms with Crippen LogP contribution in [0.4, 0.5) is 0 Å². The quantitative estimate of drug-likeness (QED) is 0.162. The van der Waals surface area contributed by atoms with Gasteiger partial charge in [0.05, 0.1) is 39.0 Å². The van der Waals surface area contributed by atoms with Gasteiger partial charge in [0.1, 0.15) is 22.8 Å². The van der Waals surface area contributed by atoms with Crippen molar-refractivity contribution in [3.05, 3.63) is 321 Å². The van der Waals surface area contributed by atoms with E-state index in [2.05, 4.69) is 369 Å². The molecular formula is C89H72N10. The summed E-state index contributed by atoms with van der Waals surface area (Å²) < 4.78 is 18.1. The molecule has 0 saturated heterocycles. The second kappa shape index (κ2) is 22.9. The van der Waals surface area contributed by atoms with Gasteiger partial charge in [-0.1, -0.05) is 209 Å². The van der Waals surface area contributed by atoms with Crippen molar-refractivity contribution in [2.24, 2.45) is 7.05 Å². The van der Waals surface area contributed by atoms with Crippen molar-refractivity contribution in [3.63, 3.8) is 0 Å². The summed E-state index contributed by atoms with van der Waals surface area (Å²) in [5.74, 6) is 0.890. The van der Waals surface area contributed by atoms with Crippen molar-refractivity contribution < 1.29 is 0 Å². The summed E-state index contributed by atoms with van der Waals surface area (Å²) in [7, 11) is 2.16. The van der Waals surface area contributed by atoms with E-state index in [-0.39, 0.29) is 5.41 Å². The molecule has 22 aromatic rings. The van der Waals surface area contributed by atoms with Crippen LogP contribution in [0, 0.1) is 27.7 Å². The predicted molar refractivity (Wildman–Crippen MR) is 414 cm³/mol. The normalized spacial score (nSPS) is 12.0. The number of rotatable bonds is 2. The zero-order chi connectivity index (χ0) is 66.9. The molecule has 22 rings (SSSR count). The standard InChI is InChI=1S/C24H18N2.C19H18N2.C16H10N2.C16H11N.C14H15N3/c1-15-7-5-8-16(2)22(15)21-14-25-13-17-9-6-11-19-18-10-3-4-12-20(18)26(21)24(25)23(17)19;1-13-7-6-8-14(2)18(13)17-12-21-11-15-9-4-5-10-16(15)19(21)20(17)3;1-2-7-14-12(5-1)13-6-3-4-11-10-17-8-9-18(14)16(17)15(11)13;1-3-7-14-12(5-1)9-10-17-11-13-6-2-4-8-15(13)16(14)17;1-14(2,3)13-15-8-10-11(16-13)9-17-7-5-4-6-12(10)17/h3-14H,1-2H3;4-12H,1-3H3;1-10H;1-11H;4-9H,1-3H3. The maximum absolute atomic E-state index is 4.65. The van der Waals surface area contributed by atoms with Crippen LogP contribution in [-0.4, -0.2) is 45.3 Å². The van der Waals surface area contributed by atoms with E-state index in [1.54, 1.807) is 0 Å². The summed E-state index contributed by atoms with van der Waals surface area (Å²) in [5.41, 5.74) is 20.3. The van der Waals surface area contributed by atoms with Crippen molar-refractivity contribution in [2.45, 2.75) is 53.9 Å². The van der Waals surface area contributed by atoms with Gasteiger partial charge in [-0.15, -0.1) is 0 Å². The Morgan fingerprint density at radius 1 is 0.323 bits per heavy atom. The monoisotopic (exact) mass is 1280 g/mol. The predicted octanol–water partition coefficient (Wildman–Crippen LogP) is 22.3. The fourth-order valence-corrected chi connectivity index (χ4v) is 15.8. The highest BCUT2D eigenvalue weighted by Crippen LogP contribution is 2.41.